The number of nitrogens with two attached hydrogens (primary N) is 1. The van der Waals surface area contributed by atoms with E-state index in [0.717, 1.165) is 39.7 Å². The van der Waals surface area contributed by atoms with Crippen molar-refractivity contribution in [2.75, 3.05) is 19.8 Å². The van der Waals surface area contributed by atoms with Gasteiger partial charge < -0.3 is 10.6 Å². The number of nitrogen functional groups attached to an aromatic ring is 1. The van der Waals surface area contributed by atoms with Crippen LogP contribution in [0.25, 0.3) is 16.9 Å². The smallest absolute Gasteiger partial charge is 0.253 e. The van der Waals surface area contributed by atoms with Gasteiger partial charge in [0.1, 0.15) is 24.3 Å². The molecule has 27 heavy (non-hydrogen) atoms. The second-order valence-corrected chi connectivity index (χ2v) is 7.53. The molecule has 2 heterocycles. The SMILES string of the molecule is Cc1cc2c(ncn2-c2ncnc(N)c2C)c(CC(C)C)c1C(=O)N(C)C. The lowest BCUT2D eigenvalue weighted by molar-refractivity contribution is 0.0826. The average molecular weight is 366 g/mol. The Morgan fingerprint density at radius 3 is 2.56 bits per heavy atom. The summed E-state index contributed by atoms with van der Waals surface area (Å²) in [6, 6.07) is 2.00. The van der Waals surface area contributed by atoms with Crippen molar-refractivity contribution in [3.8, 4) is 5.82 Å². The zero-order valence-corrected chi connectivity index (χ0v) is 16.7. The lowest BCUT2D eigenvalue weighted by Gasteiger charge is -2.19. The number of aromatic nitrogens is 4. The van der Waals surface area contributed by atoms with Crippen molar-refractivity contribution in [3.05, 3.63) is 41.0 Å². The first-order chi connectivity index (χ1) is 12.7. The molecule has 0 bridgehead atoms. The number of carbonyl (C=O) groups is 1. The Hall–Kier alpha value is -2.96. The number of amides is 1. The maximum atomic E-state index is 12.8. The fourth-order valence-electron chi connectivity index (χ4n) is 3.36. The highest BCUT2D eigenvalue weighted by Gasteiger charge is 2.23. The summed E-state index contributed by atoms with van der Waals surface area (Å²) < 4.78 is 1.92. The van der Waals surface area contributed by atoms with E-state index < -0.39 is 0 Å². The Kier molecular flexibility index (Phi) is 4.87. The number of nitrogens with zero attached hydrogens (tertiary/aromatic N) is 5. The molecule has 3 rings (SSSR count). The van der Waals surface area contributed by atoms with Crippen LogP contribution in [0.15, 0.2) is 18.7 Å². The zero-order valence-electron chi connectivity index (χ0n) is 16.7. The van der Waals surface area contributed by atoms with Crippen LogP contribution in [0.5, 0.6) is 0 Å². The van der Waals surface area contributed by atoms with Crippen molar-refractivity contribution in [1.29, 1.82) is 0 Å². The van der Waals surface area contributed by atoms with Crippen LogP contribution >= 0.6 is 0 Å². The van der Waals surface area contributed by atoms with Gasteiger partial charge >= 0.3 is 0 Å². The van der Waals surface area contributed by atoms with Crippen LogP contribution < -0.4 is 5.73 Å². The summed E-state index contributed by atoms with van der Waals surface area (Å²) in [7, 11) is 3.55. The molecule has 0 atom stereocenters. The Bertz CT molecular complexity index is 1020. The molecule has 2 aromatic heterocycles. The van der Waals surface area contributed by atoms with Crippen molar-refractivity contribution in [2.24, 2.45) is 5.92 Å². The molecule has 0 saturated carbocycles. The quantitative estimate of drug-likeness (QED) is 0.767. The van der Waals surface area contributed by atoms with Crippen molar-refractivity contribution >= 4 is 22.8 Å². The van der Waals surface area contributed by atoms with Gasteiger partial charge in [-0.2, -0.15) is 0 Å². The van der Waals surface area contributed by atoms with Gasteiger partial charge in [0.25, 0.3) is 5.91 Å². The van der Waals surface area contributed by atoms with E-state index in [1.165, 1.54) is 6.33 Å². The monoisotopic (exact) mass is 366 g/mol. The van der Waals surface area contributed by atoms with Crippen molar-refractivity contribution in [1.82, 2.24) is 24.4 Å². The van der Waals surface area contributed by atoms with Crippen molar-refractivity contribution in [3.63, 3.8) is 0 Å². The number of hydrogen-bond acceptors (Lipinski definition) is 5. The fourth-order valence-corrected chi connectivity index (χ4v) is 3.36. The van der Waals surface area contributed by atoms with Gasteiger partial charge in [-0.1, -0.05) is 13.8 Å². The summed E-state index contributed by atoms with van der Waals surface area (Å²) in [6.45, 7) is 8.15. The third-order valence-electron chi connectivity index (χ3n) is 4.70. The second kappa shape index (κ2) is 6.98. The number of rotatable bonds is 4. The van der Waals surface area contributed by atoms with Crippen LogP contribution in [-0.4, -0.2) is 44.4 Å². The molecule has 0 spiro atoms. The first-order valence-electron chi connectivity index (χ1n) is 9.01. The van der Waals surface area contributed by atoms with E-state index in [9.17, 15) is 4.79 Å². The van der Waals surface area contributed by atoms with Crippen LogP contribution in [0, 0.1) is 19.8 Å². The van der Waals surface area contributed by atoms with Gasteiger partial charge in [0, 0.05) is 25.2 Å². The average Bonchev–Trinajstić information content (AvgIpc) is 3.00. The van der Waals surface area contributed by atoms with E-state index in [1.807, 2.05) is 24.5 Å². The molecular weight excluding hydrogens is 340 g/mol. The Labute approximate surface area is 159 Å². The summed E-state index contributed by atoms with van der Waals surface area (Å²) in [5.74, 6) is 1.54. The predicted molar refractivity (Wildman–Crippen MR) is 107 cm³/mol. The van der Waals surface area contributed by atoms with Crippen LogP contribution in [0.3, 0.4) is 0 Å². The highest BCUT2D eigenvalue weighted by molar-refractivity contribution is 6.01. The van der Waals surface area contributed by atoms with Gasteiger partial charge in [-0.25, -0.2) is 15.0 Å². The van der Waals surface area contributed by atoms with Gasteiger partial charge in [-0.05, 0) is 43.4 Å². The van der Waals surface area contributed by atoms with Crippen LogP contribution in [-0.2, 0) is 6.42 Å². The maximum absolute atomic E-state index is 12.8. The van der Waals surface area contributed by atoms with Gasteiger partial charge in [0.05, 0.1) is 11.0 Å². The maximum Gasteiger partial charge on any atom is 0.253 e. The topological polar surface area (TPSA) is 89.9 Å². The molecule has 142 valence electrons. The molecule has 0 saturated heterocycles. The first kappa shape index (κ1) is 18.8. The van der Waals surface area contributed by atoms with Crippen LogP contribution in [0.1, 0.15) is 40.9 Å². The number of anilines is 1. The van der Waals surface area contributed by atoms with Gasteiger partial charge in [-0.15, -0.1) is 0 Å². The molecule has 1 amide bonds. The Morgan fingerprint density at radius 2 is 1.93 bits per heavy atom. The third-order valence-corrected chi connectivity index (χ3v) is 4.70. The van der Waals surface area contributed by atoms with E-state index in [2.05, 4.69) is 28.8 Å². The molecule has 2 N–H and O–H groups in total. The minimum Gasteiger partial charge on any atom is -0.383 e. The third kappa shape index (κ3) is 3.25. The number of imidazole rings is 1. The highest BCUT2D eigenvalue weighted by atomic mass is 16.2. The lowest BCUT2D eigenvalue weighted by Crippen LogP contribution is -2.24. The number of carbonyl (C=O) groups excluding carboxylic acids is 1. The molecule has 0 aliphatic carbocycles. The van der Waals surface area contributed by atoms with E-state index >= 15 is 0 Å². The van der Waals surface area contributed by atoms with Gasteiger partial charge in [0.2, 0.25) is 0 Å². The van der Waals surface area contributed by atoms with E-state index in [-0.39, 0.29) is 5.91 Å². The molecule has 0 fully saturated rings. The van der Waals surface area contributed by atoms with E-state index in [1.54, 1.807) is 25.3 Å². The molecular formula is C20H26N6O. The van der Waals surface area contributed by atoms with Gasteiger partial charge in [0.15, 0.2) is 0 Å². The lowest BCUT2D eigenvalue weighted by atomic mass is 9.92. The number of hydrogen-bond donors (Lipinski definition) is 1. The Balaban J connectivity index is 2.33. The number of fused-ring (bicyclic) bond motifs is 1. The van der Waals surface area contributed by atoms with Crippen LogP contribution in [0.4, 0.5) is 5.82 Å². The minimum atomic E-state index is 0.00191. The summed E-state index contributed by atoms with van der Waals surface area (Å²) in [6.07, 6.45) is 3.97. The van der Waals surface area contributed by atoms with Crippen molar-refractivity contribution < 1.29 is 4.79 Å². The second-order valence-electron chi connectivity index (χ2n) is 7.53. The summed E-state index contributed by atoms with van der Waals surface area (Å²) >= 11 is 0. The minimum absolute atomic E-state index is 0.00191. The van der Waals surface area contributed by atoms with E-state index in [4.69, 9.17) is 5.73 Å². The summed E-state index contributed by atoms with van der Waals surface area (Å²) in [4.78, 5) is 27.5. The molecule has 0 unspecified atom stereocenters. The van der Waals surface area contributed by atoms with E-state index in [0.29, 0.717) is 17.6 Å². The number of benzene rings is 1. The molecule has 3 aromatic rings. The Morgan fingerprint density at radius 1 is 1.22 bits per heavy atom. The molecule has 0 radical (unpaired) electrons. The standard InChI is InChI=1S/C20H26N6O/c1-11(2)7-14-16(20(27)25(5)6)12(3)8-15-17(14)24-10-26(15)19-13(4)18(21)22-9-23-19/h8-11H,7H2,1-6H3,(H2,21,22,23). The van der Waals surface area contributed by atoms with Crippen molar-refractivity contribution in [2.45, 2.75) is 34.1 Å². The summed E-state index contributed by atoms with van der Waals surface area (Å²) in [5, 5.41) is 0. The zero-order chi connectivity index (χ0) is 19.9. The normalized spacial score (nSPS) is 11.4. The first-order valence-corrected chi connectivity index (χ1v) is 9.01. The summed E-state index contributed by atoms with van der Waals surface area (Å²) in [5.41, 5.74) is 11.2. The molecule has 7 nitrogen and oxygen atoms in total. The highest BCUT2D eigenvalue weighted by Crippen LogP contribution is 2.30. The molecule has 1 aromatic carbocycles. The van der Waals surface area contributed by atoms with Gasteiger partial charge in [-0.3, -0.25) is 9.36 Å². The largest absolute Gasteiger partial charge is 0.383 e. The van der Waals surface area contributed by atoms with Crippen LogP contribution in [0.2, 0.25) is 0 Å². The molecule has 0 aliphatic rings. The fraction of sp³-hybridized carbons (Fsp3) is 0.400. The molecule has 0 aliphatic heterocycles. The predicted octanol–water partition coefficient (Wildman–Crippen LogP) is 2.91. The number of aryl methyl sites for hydroxylation is 1. The molecule has 7 heteroatoms.